The van der Waals surface area contributed by atoms with Gasteiger partial charge in [-0.3, -0.25) is 9.69 Å². The van der Waals surface area contributed by atoms with E-state index >= 15 is 0 Å². The number of allylic oxidation sites excluding steroid dienone is 1. The Labute approximate surface area is 248 Å². The molecule has 4 aromatic rings. The zero-order valence-electron chi connectivity index (χ0n) is 25.0. The van der Waals surface area contributed by atoms with E-state index in [9.17, 15) is 4.79 Å². The standard InChI is InChI=1S/C35H41N5O2/c1-4-24-5-7-25(8-6-24)31-21-35(2,3)13-11-27(31)23-39-15-17-40(18-16-39)28-9-10-30(33(36)41)32(20-28)42-29-19-26-12-14-37-34(26)38-22-29/h5-10,12,14,19-20,22H,4,11,13,15-18,21,23H2,1-3H3,(H2,36,41)(H,37,38). The van der Waals surface area contributed by atoms with Crippen molar-refractivity contribution in [1.82, 2.24) is 14.9 Å². The maximum absolute atomic E-state index is 12.2. The molecule has 1 saturated heterocycles. The van der Waals surface area contributed by atoms with Gasteiger partial charge in [-0.25, -0.2) is 4.98 Å². The number of piperazine rings is 1. The minimum atomic E-state index is -0.513. The van der Waals surface area contributed by atoms with Crippen molar-refractivity contribution in [2.45, 2.75) is 46.5 Å². The van der Waals surface area contributed by atoms with Crippen LogP contribution in [0.25, 0.3) is 16.6 Å². The predicted molar refractivity (Wildman–Crippen MR) is 170 cm³/mol. The third kappa shape index (κ3) is 6.07. The van der Waals surface area contributed by atoms with Gasteiger partial charge < -0.3 is 20.4 Å². The Bertz CT molecular complexity index is 1610. The summed E-state index contributed by atoms with van der Waals surface area (Å²) >= 11 is 0. The van der Waals surface area contributed by atoms with Crippen molar-refractivity contribution in [3.05, 3.63) is 89.3 Å². The van der Waals surface area contributed by atoms with Gasteiger partial charge in [-0.05, 0) is 72.1 Å². The fourth-order valence-electron chi connectivity index (χ4n) is 6.29. The molecule has 42 heavy (non-hydrogen) atoms. The lowest BCUT2D eigenvalue weighted by atomic mass is 9.72. The number of pyridine rings is 1. The van der Waals surface area contributed by atoms with Crippen LogP contribution in [0.1, 0.15) is 61.5 Å². The maximum Gasteiger partial charge on any atom is 0.252 e. The Morgan fingerprint density at radius 1 is 1.05 bits per heavy atom. The molecule has 7 nitrogen and oxygen atoms in total. The Morgan fingerprint density at radius 2 is 1.83 bits per heavy atom. The predicted octanol–water partition coefficient (Wildman–Crippen LogP) is 6.80. The summed E-state index contributed by atoms with van der Waals surface area (Å²) in [5.41, 5.74) is 14.1. The molecule has 0 atom stereocenters. The average molecular weight is 564 g/mol. The van der Waals surface area contributed by atoms with E-state index in [-0.39, 0.29) is 0 Å². The number of carbonyl (C=O) groups excluding carboxylic acids is 1. The van der Waals surface area contributed by atoms with Crippen molar-refractivity contribution in [3.8, 4) is 11.5 Å². The molecule has 3 heterocycles. The van der Waals surface area contributed by atoms with Crippen LogP contribution in [0.2, 0.25) is 0 Å². The highest BCUT2D eigenvalue weighted by Crippen LogP contribution is 2.43. The minimum absolute atomic E-state index is 0.335. The van der Waals surface area contributed by atoms with Crippen LogP contribution in [0.3, 0.4) is 0 Å². The zero-order valence-corrected chi connectivity index (χ0v) is 25.0. The topological polar surface area (TPSA) is 87.5 Å². The number of anilines is 1. The number of nitrogens with one attached hydrogen (secondary N) is 1. The quantitative estimate of drug-likeness (QED) is 0.246. The lowest BCUT2D eigenvalue weighted by Crippen LogP contribution is -2.47. The number of benzene rings is 2. The number of rotatable bonds is 8. The number of primary amides is 1. The van der Waals surface area contributed by atoms with E-state index in [4.69, 9.17) is 10.5 Å². The number of hydrogen-bond acceptors (Lipinski definition) is 5. The molecule has 2 aliphatic rings. The highest BCUT2D eigenvalue weighted by molar-refractivity contribution is 5.96. The smallest absolute Gasteiger partial charge is 0.252 e. The highest BCUT2D eigenvalue weighted by Gasteiger charge is 2.29. The van der Waals surface area contributed by atoms with Gasteiger partial charge in [0.05, 0.1) is 11.8 Å². The molecule has 7 heteroatoms. The molecule has 3 N–H and O–H groups in total. The van der Waals surface area contributed by atoms with Crippen molar-refractivity contribution in [1.29, 1.82) is 0 Å². The first-order valence-electron chi connectivity index (χ1n) is 15.1. The fraction of sp³-hybridized carbons (Fsp3) is 0.371. The Kier molecular flexibility index (Phi) is 7.78. The SMILES string of the molecule is CCc1ccc(C2=C(CN3CCN(c4ccc(C(N)=O)c(Oc5cnc6[nH]ccc6c5)c4)CC3)CCC(C)(C)C2)cc1. The molecule has 0 spiro atoms. The number of hydrogen-bond donors (Lipinski definition) is 2. The van der Waals surface area contributed by atoms with E-state index in [0.717, 1.165) is 68.7 Å². The number of amides is 1. The molecule has 2 aromatic heterocycles. The van der Waals surface area contributed by atoms with E-state index in [1.165, 1.54) is 17.5 Å². The first-order chi connectivity index (χ1) is 20.3. The number of nitrogens with zero attached hydrogens (tertiary/aromatic N) is 3. The molecule has 1 aliphatic carbocycles. The number of ether oxygens (including phenoxy) is 1. The molecular weight excluding hydrogens is 522 g/mol. The summed E-state index contributed by atoms with van der Waals surface area (Å²) in [5.74, 6) is 0.504. The van der Waals surface area contributed by atoms with Gasteiger partial charge in [-0.2, -0.15) is 0 Å². The Morgan fingerprint density at radius 3 is 2.57 bits per heavy atom. The molecule has 1 fully saturated rings. The lowest BCUT2D eigenvalue weighted by molar-refractivity contribution is 0.0998. The van der Waals surface area contributed by atoms with E-state index in [1.54, 1.807) is 23.4 Å². The monoisotopic (exact) mass is 563 g/mol. The first-order valence-corrected chi connectivity index (χ1v) is 15.1. The van der Waals surface area contributed by atoms with Crippen LogP contribution in [0.5, 0.6) is 11.5 Å². The number of aromatic amines is 1. The molecule has 0 unspecified atom stereocenters. The number of nitrogens with two attached hydrogens (primary N) is 1. The zero-order chi connectivity index (χ0) is 29.3. The van der Waals surface area contributed by atoms with E-state index in [0.29, 0.717) is 22.5 Å². The third-order valence-corrected chi connectivity index (χ3v) is 8.88. The summed E-state index contributed by atoms with van der Waals surface area (Å²) in [7, 11) is 0. The summed E-state index contributed by atoms with van der Waals surface area (Å²) in [6, 6.07) is 18.8. The van der Waals surface area contributed by atoms with Gasteiger partial charge in [0, 0.05) is 56.1 Å². The van der Waals surface area contributed by atoms with E-state index in [1.807, 2.05) is 30.5 Å². The normalized spacial score (nSPS) is 17.5. The average Bonchev–Trinajstić information content (AvgIpc) is 3.46. The van der Waals surface area contributed by atoms with Gasteiger partial charge in [0.25, 0.3) is 5.91 Å². The van der Waals surface area contributed by atoms with Crippen LogP contribution in [0.4, 0.5) is 5.69 Å². The summed E-state index contributed by atoms with van der Waals surface area (Å²) < 4.78 is 6.17. The first kappa shape index (κ1) is 28.0. The second-order valence-electron chi connectivity index (χ2n) is 12.5. The van der Waals surface area contributed by atoms with Crippen LogP contribution < -0.4 is 15.4 Å². The molecule has 1 amide bonds. The van der Waals surface area contributed by atoms with E-state index < -0.39 is 5.91 Å². The molecule has 0 bridgehead atoms. The molecule has 0 saturated carbocycles. The van der Waals surface area contributed by atoms with E-state index in [2.05, 4.69) is 64.8 Å². The molecule has 2 aromatic carbocycles. The van der Waals surface area contributed by atoms with Crippen LogP contribution in [0.15, 0.2) is 72.6 Å². The van der Waals surface area contributed by atoms with Crippen molar-refractivity contribution >= 4 is 28.2 Å². The van der Waals surface area contributed by atoms with Crippen molar-refractivity contribution in [2.75, 3.05) is 37.6 Å². The van der Waals surface area contributed by atoms with Gasteiger partial charge in [0.15, 0.2) is 0 Å². The second-order valence-corrected chi connectivity index (χ2v) is 12.5. The highest BCUT2D eigenvalue weighted by atomic mass is 16.5. The largest absolute Gasteiger partial charge is 0.455 e. The number of H-pyrrole nitrogens is 1. The van der Waals surface area contributed by atoms with Crippen LogP contribution in [-0.4, -0.2) is 53.5 Å². The van der Waals surface area contributed by atoms with Crippen LogP contribution in [-0.2, 0) is 6.42 Å². The summed E-state index contributed by atoms with van der Waals surface area (Å²) in [4.78, 5) is 24.7. The number of fused-ring (bicyclic) bond motifs is 1. The molecule has 1 aliphatic heterocycles. The second kappa shape index (κ2) is 11.6. The fourth-order valence-corrected chi connectivity index (χ4v) is 6.29. The van der Waals surface area contributed by atoms with Crippen molar-refractivity contribution in [2.24, 2.45) is 11.1 Å². The Balaban J connectivity index is 1.16. The molecular formula is C35H41N5O2. The van der Waals surface area contributed by atoms with Crippen molar-refractivity contribution < 1.29 is 9.53 Å². The van der Waals surface area contributed by atoms with Crippen molar-refractivity contribution in [3.63, 3.8) is 0 Å². The summed E-state index contributed by atoms with van der Waals surface area (Å²) in [6.45, 7) is 11.8. The van der Waals surface area contributed by atoms with Gasteiger partial charge >= 0.3 is 0 Å². The minimum Gasteiger partial charge on any atom is -0.455 e. The molecule has 0 radical (unpaired) electrons. The van der Waals surface area contributed by atoms with Crippen LogP contribution in [0, 0.1) is 5.41 Å². The van der Waals surface area contributed by atoms with Gasteiger partial charge in [-0.15, -0.1) is 0 Å². The summed E-state index contributed by atoms with van der Waals surface area (Å²) in [6.07, 6.45) is 8.10. The van der Waals surface area contributed by atoms with Crippen LogP contribution >= 0.6 is 0 Å². The molecule has 218 valence electrons. The van der Waals surface area contributed by atoms with Gasteiger partial charge in [-0.1, -0.05) is 50.6 Å². The molecule has 6 rings (SSSR count). The number of aromatic nitrogens is 2. The van der Waals surface area contributed by atoms with Gasteiger partial charge in [0.1, 0.15) is 17.1 Å². The van der Waals surface area contributed by atoms with Gasteiger partial charge in [0.2, 0.25) is 0 Å². The number of aryl methyl sites for hydroxylation is 1. The summed E-state index contributed by atoms with van der Waals surface area (Å²) in [5, 5.41) is 0.943. The lowest BCUT2D eigenvalue weighted by Gasteiger charge is -2.39. The maximum atomic E-state index is 12.2. The Hall–Kier alpha value is -4.10. The number of carbonyl (C=O) groups is 1. The third-order valence-electron chi connectivity index (χ3n) is 8.88.